The van der Waals surface area contributed by atoms with Crippen molar-refractivity contribution in [1.29, 1.82) is 0 Å². The van der Waals surface area contributed by atoms with Crippen LogP contribution in [0.25, 0.3) is 11.0 Å². The van der Waals surface area contributed by atoms with Crippen LogP contribution in [0.15, 0.2) is 42.5 Å². The van der Waals surface area contributed by atoms with Gasteiger partial charge in [-0.05, 0) is 42.5 Å². The molecule has 134 valence electrons. The van der Waals surface area contributed by atoms with Crippen LogP contribution in [0.5, 0.6) is 0 Å². The van der Waals surface area contributed by atoms with Crippen molar-refractivity contribution in [1.82, 2.24) is 9.97 Å². The summed E-state index contributed by atoms with van der Waals surface area (Å²) in [5.74, 6) is 0.233. The topological polar surface area (TPSA) is 72.5 Å². The lowest BCUT2D eigenvalue weighted by Gasteiger charge is -2.36. The molecule has 1 saturated heterocycles. The smallest absolute Gasteiger partial charge is 0.203 e. The Balaban J connectivity index is 1.48. The fourth-order valence-electron chi connectivity index (χ4n) is 3.24. The monoisotopic (exact) mass is 354 g/mol. The van der Waals surface area contributed by atoms with Crippen LogP contribution in [0, 0.1) is 5.82 Å². The average molecular weight is 354 g/mol. The molecule has 2 heterocycles. The third-order valence-electron chi connectivity index (χ3n) is 4.71. The summed E-state index contributed by atoms with van der Waals surface area (Å²) in [6, 6.07) is 11.7. The van der Waals surface area contributed by atoms with Crippen molar-refractivity contribution < 1.29 is 14.3 Å². The molecular weight excluding hydrogens is 335 g/mol. The number of H-pyrrole nitrogens is 1. The quantitative estimate of drug-likeness (QED) is 0.703. The number of Topliss-reactive ketones (excluding diaryl/α,β-unsaturated/α-hetero) is 1. The number of aromatic amines is 1. The number of benzene rings is 2. The van der Waals surface area contributed by atoms with Gasteiger partial charge < -0.3 is 19.9 Å². The van der Waals surface area contributed by atoms with Gasteiger partial charge in [0.1, 0.15) is 12.4 Å². The number of imidazole rings is 1. The zero-order chi connectivity index (χ0) is 18.1. The Hall–Kier alpha value is -2.93. The molecule has 2 N–H and O–H groups in total. The van der Waals surface area contributed by atoms with Gasteiger partial charge >= 0.3 is 0 Å². The van der Waals surface area contributed by atoms with Crippen molar-refractivity contribution >= 4 is 28.5 Å². The molecule has 0 radical (unpaired) electrons. The van der Waals surface area contributed by atoms with Crippen LogP contribution in [0.1, 0.15) is 10.4 Å². The summed E-state index contributed by atoms with van der Waals surface area (Å²) in [5.41, 5.74) is 3.05. The maximum atomic E-state index is 13.1. The van der Waals surface area contributed by atoms with Crippen LogP contribution in [0.2, 0.25) is 0 Å². The number of aromatic nitrogens is 2. The molecule has 3 aromatic rings. The molecule has 0 aliphatic carbocycles. The van der Waals surface area contributed by atoms with E-state index in [1.165, 1.54) is 12.1 Å². The van der Waals surface area contributed by atoms with Crippen molar-refractivity contribution in [3.05, 3.63) is 53.8 Å². The van der Waals surface area contributed by atoms with Gasteiger partial charge in [-0.15, -0.1) is 0 Å². The first-order valence-corrected chi connectivity index (χ1v) is 8.53. The van der Waals surface area contributed by atoms with Gasteiger partial charge in [-0.25, -0.2) is 9.37 Å². The normalized spacial score (nSPS) is 14.8. The highest BCUT2D eigenvalue weighted by atomic mass is 19.1. The predicted octanol–water partition coefficient (Wildman–Crippen LogP) is 2.20. The minimum absolute atomic E-state index is 0.228. The van der Waals surface area contributed by atoms with E-state index in [0.717, 1.165) is 48.8 Å². The maximum Gasteiger partial charge on any atom is 0.203 e. The van der Waals surface area contributed by atoms with Crippen molar-refractivity contribution in [2.24, 2.45) is 0 Å². The molecule has 1 fully saturated rings. The second-order valence-electron chi connectivity index (χ2n) is 6.32. The summed E-state index contributed by atoms with van der Waals surface area (Å²) in [6.07, 6.45) is 0. The van der Waals surface area contributed by atoms with Crippen molar-refractivity contribution in [2.45, 2.75) is 0 Å². The number of anilines is 2. The zero-order valence-electron chi connectivity index (χ0n) is 14.2. The fourth-order valence-corrected chi connectivity index (χ4v) is 3.24. The number of aliphatic hydroxyl groups excluding tert-OH is 1. The van der Waals surface area contributed by atoms with E-state index in [4.69, 9.17) is 5.11 Å². The Labute approximate surface area is 149 Å². The number of ketones is 1. The van der Waals surface area contributed by atoms with E-state index in [0.29, 0.717) is 5.56 Å². The first-order valence-electron chi connectivity index (χ1n) is 8.53. The zero-order valence-corrected chi connectivity index (χ0v) is 14.2. The van der Waals surface area contributed by atoms with Crippen LogP contribution in [0.3, 0.4) is 0 Å². The summed E-state index contributed by atoms with van der Waals surface area (Å²) in [7, 11) is 0. The third-order valence-corrected chi connectivity index (χ3v) is 4.71. The van der Waals surface area contributed by atoms with E-state index < -0.39 is 6.61 Å². The second-order valence-corrected chi connectivity index (χ2v) is 6.32. The molecule has 0 bridgehead atoms. The van der Waals surface area contributed by atoms with E-state index >= 15 is 0 Å². The van der Waals surface area contributed by atoms with Crippen LogP contribution < -0.4 is 9.80 Å². The molecule has 0 amide bonds. The van der Waals surface area contributed by atoms with Gasteiger partial charge in [-0.3, -0.25) is 4.79 Å². The lowest BCUT2D eigenvalue weighted by atomic mass is 10.1. The highest BCUT2D eigenvalue weighted by molar-refractivity contribution is 5.99. The molecule has 0 unspecified atom stereocenters. The SMILES string of the molecule is O=C(CO)c1ccc2nc(N3CCN(c4ccc(F)cc4)CC3)[nH]c2c1. The van der Waals surface area contributed by atoms with E-state index in [1.807, 2.05) is 0 Å². The Morgan fingerprint density at radius 3 is 2.46 bits per heavy atom. The molecule has 1 aromatic heterocycles. The van der Waals surface area contributed by atoms with E-state index in [9.17, 15) is 9.18 Å². The van der Waals surface area contributed by atoms with Gasteiger partial charge in [0, 0.05) is 37.4 Å². The molecule has 7 heteroatoms. The van der Waals surface area contributed by atoms with E-state index in [2.05, 4.69) is 19.8 Å². The summed E-state index contributed by atoms with van der Waals surface area (Å²) >= 11 is 0. The largest absolute Gasteiger partial charge is 0.388 e. The van der Waals surface area contributed by atoms with Gasteiger partial charge in [0.25, 0.3) is 0 Å². The van der Waals surface area contributed by atoms with Gasteiger partial charge in [-0.2, -0.15) is 0 Å². The summed E-state index contributed by atoms with van der Waals surface area (Å²) in [6.45, 7) is 2.71. The van der Waals surface area contributed by atoms with Crippen molar-refractivity contribution in [3.8, 4) is 0 Å². The number of nitrogens with zero attached hydrogens (tertiary/aromatic N) is 3. The highest BCUT2D eigenvalue weighted by Gasteiger charge is 2.20. The molecule has 0 saturated carbocycles. The fraction of sp³-hybridized carbons (Fsp3) is 0.263. The minimum Gasteiger partial charge on any atom is -0.388 e. The lowest BCUT2D eigenvalue weighted by molar-refractivity contribution is 0.0904. The van der Waals surface area contributed by atoms with Gasteiger partial charge in [0.2, 0.25) is 5.95 Å². The number of fused-ring (bicyclic) bond motifs is 1. The van der Waals surface area contributed by atoms with Crippen LogP contribution in [0.4, 0.5) is 16.0 Å². The second kappa shape index (κ2) is 6.76. The molecule has 6 nitrogen and oxygen atoms in total. The number of hydrogen-bond donors (Lipinski definition) is 2. The van der Waals surface area contributed by atoms with E-state index in [1.54, 1.807) is 30.3 Å². The molecular formula is C19H19FN4O2. The number of nitrogens with one attached hydrogen (secondary N) is 1. The standard InChI is InChI=1S/C19H19FN4O2/c20-14-2-4-15(5-3-14)23-7-9-24(10-8-23)19-21-16-6-1-13(18(26)12-25)11-17(16)22-19/h1-6,11,25H,7-10,12H2,(H,21,22). The van der Waals surface area contributed by atoms with Crippen molar-refractivity contribution in [3.63, 3.8) is 0 Å². The molecule has 1 aliphatic heterocycles. The maximum absolute atomic E-state index is 13.1. The molecule has 26 heavy (non-hydrogen) atoms. The first-order chi connectivity index (χ1) is 12.6. The van der Waals surface area contributed by atoms with Crippen molar-refractivity contribution in [2.75, 3.05) is 42.6 Å². The molecule has 4 rings (SSSR count). The highest BCUT2D eigenvalue weighted by Crippen LogP contribution is 2.22. The van der Waals surface area contributed by atoms with Gasteiger partial charge in [-0.1, -0.05) is 0 Å². The number of piperazine rings is 1. The summed E-state index contributed by atoms with van der Waals surface area (Å²) < 4.78 is 13.1. The minimum atomic E-state index is -0.502. The lowest BCUT2D eigenvalue weighted by Crippen LogP contribution is -2.46. The van der Waals surface area contributed by atoms with Crippen LogP contribution in [-0.4, -0.2) is 53.6 Å². The summed E-state index contributed by atoms with van der Waals surface area (Å²) in [4.78, 5) is 23.9. The predicted molar refractivity (Wildman–Crippen MR) is 98.3 cm³/mol. The Bertz CT molecular complexity index is 930. The molecule has 1 aliphatic rings. The third kappa shape index (κ3) is 3.13. The van der Waals surface area contributed by atoms with Crippen LogP contribution >= 0.6 is 0 Å². The number of hydrogen-bond acceptors (Lipinski definition) is 5. The molecule has 2 aromatic carbocycles. The number of carbonyl (C=O) groups is 1. The number of carbonyl (C=O) groups excluding carboxylic acids is 1. The first kappa shape index (κ1) is 16.5. The Morgan fingerprint density at radius 2 is 1.77 bits per heavy atom. The average Bonchev–Trinajstić information content (AvgIpc) is 3.11. The Morgan fingerprint density at radius 1 is 1.08 bits per heavy atom. The molecule has 0 spiro atoms. The Kier molecular flexibility index (Phi) is 4.30. The number of halogens is 1. The number of aliphatic hydroxyl groups is 1. The summed E-state index contributed by atoms with van der Waals surface area (Å²) in [5, 5.41) is 8.99. The van der Waals surface area contributed by atoms with E-state index in [-0.39, 0.29) is 11.6 Å². The number of rotatable bonds is 4. The molecule has 0 atom stereocenters. The van der Waals surface area contributed by atoms with Gasteiger partial charge in [0.05, 0.1) is 11.0 Å². The van der Waals surface area contributed by atoms with Gasteiger partial charge in [0.15, 0.2) is 5.78 Å². The van der Waals surface area contributed by atoms with Crippen LogP contribution in [-0.2, 0) is 0 Å².